The number of cyclic esters (lactones) is 1. The molecule has 2 heteroatoms. The molecule has 11 heavy (non-hydrogen) atoms. The van der Waals surface area contributed by atoms with Crippen LogP contribution in [-0.2, 0) is 9.53 Å². The van der Waals surface area contributed by atoms with Crippen molar-refractivity contribution in [3.8, 4) is 0 Å². The third-order valence-corrected chi connectivity index (χ3v) is 3.36. The quantitative estimate of drug-likeness (QED) is 0.536. The summed E-state index contributed by atoms with van der Waals surface area (Å²) >= 11 is 0. The Bertz CT molecular complexity index is 198. The predicted octanol–water partition coefficient (Wildman–Crippen LogP) is 1.60. The second-order valence-corrected chi connectivity index (χ2v) is 4.06. The molecule has 0 N–H and O–H groups in total. The van der Waals surface area contributed by atoms with Crippen LogP contribution in [0.4, 0.5) is 0 Å². The second kappa shape index (κ2) is 1.99. The fraction of sp³-hybridized carbons (Fsp3) is 0.889. The van der Waals surface area contributed by atoms with Gasteiger partial charge in [0.25, 0.3) is 0 Å². The SMILES string of the molecule is CC(C)[C@]12CCOC(=O)[C@H]1C2. The van der Waals surface area contributed by atoms with Crippen molar-refractivity contribution in [1.29, 1.82) is 0 Å². The van der Waals surface area contributed by atoms with Gasteiger partial charge in [-0.2, -0.15) is 0 Å². The molecule has 1 aliphatic heterocycles. The summed E-state index contributed by atoms with van der Waals surface area (Å²) in [4.78, 5) is 11.1. The molecule has 0 amide bonds. The molecule has 2 nitrogen and oxygen atoms in total. The molecule has 62 valence electrons. The summed E-state index contributed by atoms with van der Waals surface area (Å²) in [5, 5.41) is 0. The van der Waals surface area contributed by atoms with Crippen molar-refractivity contribution >= 4 is 5.97 Å². The van der Waals surface area contributed by atoms with Crippen molar-refractivity contribution in [2.24, 2.45) is 17.3 Å². The maximum Gasteiger partial charge on any atom is 0.309 e. The van der Waals surface area contributed by atoms with Gasteiger partial charge in [0.15, 0.2) is 0 Å². The Morgan fingerprint density at radius 2 is 2.36 bits per heavy atom. The summed E-state index contributed by atoms with van der Waals surface area (Å²) in [7, 11) is 0. The van der Waals surface area contributed by atoms with Crippen LogP contribution in [0.5, 0.6) is 0 Å². The molecule has 0 aromatic carbocycles. The van der Waals surface area contributed by atoms with Gasteiger partial charge in [-0.3, -0.25) is 4.79 Å². The first-order valence-electron chi connectivity index (χ1n) is 4.33. The Hall–Kier alpha value is -0.530. The Balaban J connectivity index is 2.14. The summed E-state index contributed by atoms with van der Waals surface area (Å²) in [5.74, 6) is 0.932. The van der Waals surface area contributed by atoms with Crippen LogP contribution >= 0.6 is 0 Å². The van der Waals surface area contributed by atoms with Crippen LogP contribution in [0, 0.1) is 17.3 Å². The molecular formula is C9H14O2. The van der Waals surface area contributed by atoms with Crippen molar-refractivity contribution in [3.05, 3.63) is 0 Å². The van der Waals surface area contributed by atoms with Crippen LogP contribution in [0.15, 0.2) is 0 Å². The summed E-state index contributed by atoms with van der Waals surface area (Å²) in [5.41, 5.74) is 0.343. The van der Waals surface area contributed by atoms with E-state index in [-0.39, 0.29) is 11.9 Å². The number of ether oxygens (including phenoxy) is 1. The van der Waals surface area contributed by atoms with Gasteiger partial charge in [-0.15, -0.1) is 0 Å². The number of esters is 1. The van der Waals surface area contributed by atoms with Gasteiger partial charge in [0.1, 0.15) is 0 Å². The average Bonchev–Trinajstić information content (AvgIpc) is 2.64. The van der Waals surface area contributed by atoms with Crippen LogP contribution in [0.2, 0.25) is 0 Å². The van der Waals surface area contributed by atoms with Crippen molar-refractivity contribution in [2.75, 3.05) is 6.61 Å². The molecule has 1 saturated heterocycles. The largest absolute Gasteiger partial charge is 0.465 e. The average molecular weight is 154 g/mol. The van der Waals surface area contributed by atoms with Crippen LogP contribution in [0.3, 0.4) is 0 Å². The molecule has 0 unspecified atom stereocenters. The van der Waals surface area contributed by atoms with Crippen LogP contribution in [0.1, 0.15) is 26.7 Å². The lowest BCUT2D eigenvalue weighted by atomic mass is 9.86. The highest BCUT2D eigenvalue weighted by Gasteiger charge is 2.62. The third-order valence-electron chi connectivity index (χ3n) is 3.36. The topological polar surface area (TPSA) is 26.3 Å². The highest BCUT2D eigenvalue weighted by molar-refractivity contribution is 5.78. The van der Waals surface area contributed by atoms with E-state index in [1.165, 1.54) is 0 Å². The molecule has 2 rings (SSSR count). The molecule has 0 radical (unpaired) electrons. The lowest BCUT2D eigenvalue weighted by Crippen LogP contribution is -2.26. The van der Waals surface area contributed by atoms with E-state index in [4.69, 9.17) is 4.74 Å². The second-order valence-electron chi connectivity index (χ2n) is 4.06. The minimum atomic E-state index is 0.0463. The standard InChI is InChI=1S/C9H14O2/c1-6(2)9-3-4-11-8(10)7(9)5-9/h6-7H,3-5H2,1-2H3/t7-,9-/m1/s1. The zero-order valence-electron chi connectivity index (χ0n) is 7.09. The van der Waals surface area contributed by atoms with E-state index in [1.54, 1.807) is 0 Å². The molecule has 1 heterocycles. The summed E-state index contributed by atoms with van der Waals surface area (Å²) in [6.07, 6.45) is 2.16. The van der Waals surface area contributed by atoms with E-state index < -0.39 is 0 Å². The number of carbonyl (C=O) groups is 1. The molecule has 1 saturated carbocycles. The number of rotatable bonds is 1. The van der Waals surface area contributed by atoms with Crippen LogP contribution in [0.25, 0.3) is 0 Å². The Kier molecular flexibility index (Phi) is 1.29. The van der Waals surface area contributed by atoms with Crippen LogP contribution < -0.4 is 0 Å². The van der Waals surface area contributed by atoms with Crippen molar-refractivity contribution in [2.45, 2.75) is 26.7 Å². The molecular weight excluding hydrogens is 140 g/mol. The number of hydrogen-bond acceptors (Lipinski definition) is 2. The maximum absolute atomic E-state index is 11.1. The van der Waals surface area contributed by atoms with Crippen molar-refractivity contribution < 1.29 is 9.53 Å². The zero-order valence-corrected chi connectivity index (χ0v) is 7.09. The summed E-state index contributed by atoms with van der Waals surface area (Å²) in [6.45, 7) is 5.06. The van der Waals surface area contributed by atoms with Crippen LogP contribution in [-0.4, -0.2) is 12.6 Å². The smallest absolute Gasteiger partial charge is 0.309 e. The van der Waals surface area contributed by atoms with Gasteiger partial charge < -0.3 is 4.74 Å². The van der Waals surface area contributed by atoms with Gasteiger partial charge in [0.05, 0.1) is 12.5 Å². The molecule has 2 aliphatic rings. The molecule has 2 atom stereocenters. The maximum atomic E-state index is 11.1. The van der Waals surface area contributed by atoms with Gasteiger partial charge in [-0.1, -0.05) is 13.8 Å². The van der Waals surface area contributed by atoms with Gasteiger partial charge in [-0.05, 0) is 24.2 Å². The molecule has 2 fully saturated rings. The minimum Gasteiger partial charge on any atom is -0.465 e. The number of carbonyl (C=O) groups excluding carboxylic acids is 1. The summed E-state index contributed by atoms with van der Waals surface area (Å²) in [6, 6.07) is 0. The number of fused-ring (bicyclic) bond motifs is 1. The predicted molar refractivity (Wildman–Crippen MR) is 41.0 cm³/mol. The number of hydrogen-bond donors (Lipinski definition) is 0. The van der Waals surface area contributed by atoms with Gasteiger partial charge >= 0.3 is 5.97 Å². The molecule has 0 bridgehead atoms. The van der Waals surface area contributed by atoms with E-state index in [1.807, 2.05) is 0 Å². The fourth-order valence-electron chi connectivity index (χ4n) is 2.28. The Labute approximate surface area is 66.9 Å². The lowest BCUT2D eigenvalue weighted by molar-refractivity contribution is -0.151. The van der Waals surface area contributed by atoms with Crippen molar-refractivity contribution in [3.63, 3.8) is 0 Å². The van der Waals surface area contributed by atoms with Gasteiger partial charge in [-0.25, -0.2) is 0 Å². The van der Waals surface area contributed by atoms with E-state index in [9.17, 15) is 4.79 Å². The molecule has 0 spiro atoms. The highest BCUT2D eigenvalue weighted by Crippen LogP contribution is 2.62. The third kappa shape index (κ3) is 0.815. The minimum absolute atomic E-state index is 0.0463. The van der Waals surface area contributed by atoms with Gasteiger partial charge in [0.2, 0.25) is 0 Å². The van der Waals surface area contributed by atoms with E-state index in [0.29, 0.717) is 17.9 Å². The Morgan fingerprint density at radius 3 is 2.91 bits per heavy atom. The van der Waals surface area contributed by atoms with E-state index >= 15 is 0 Å². The molecule has 0 aromatic heterocycles. The van der Waals surface area contributed by atoms with Gasteiger partial charge in [0, 0.05) is 0 Å². The van der Waals surface area contributed by atoms with E-state index in [2.05, 4.69) is 13.8 Å². The normalized spacial score (nSPS) is 41.7. The lowest BCUT2D eigenvalue weighted by Gasteiger charge is -2.24. The first-order valence-corrected chi connectivity index (χ1v) is 4.33. The Morgan fingerprint density at radius 1 is 1.64 bits per heavy atom. The fourth-order valence-corrected chi connectivity index (χ4v) is 2.28. The molecule has 1 aliphatic carbocycles. The monoisotopic (exact) mass is 154 g/mol. The van der Waals surface area contributed by atoms with E-state index in [0.717, 1.165) is 12.8 Å². The first-order chi connectivity index (χ1) is 5.17. The molecule has 0 aromatic rings. The zero-order chi connectivity index (χ0) is 8.06. The first kappa shape index (κ1) is 7.14. The van der Waals surface area contributed by atoms with Crippen molar-refractivity contribution in [1.82, 2.24) is 0 Å². The highest BCUT2D eigenvalue weighted by atomic mass is 16.5. The summed E-state index contributed by atoms with van der Waals surface area (Å²) < 4.78 is 4.97.